The molecule has 3 rings (SSSR count). The van der Waals surface area contributed by atoms with Crippen LogP contribution in [0.4, 0.5) is 13.2 Å². The second-order valence-corrected chi connectivity index (χ2v) is 5.36. The second kappa shape index (κ2) is 5.15. The highest BCUT2D eigenvalue weighted by atomic mass is 19.4. The SMILES string of the molecule is O=C(O)c1cnc(C2CC2)n1Cc1ccc(C(F)(F)F)cc1. The average molecular weight is 310 g/mol. The molecule has 1 saturated carbocycles. The van der Waals surface area contributed by atoms with Gasteiger partial charge in [0, 0.05) is 12.5 Å². The minimum atomic E-state index is -4.38. The molecule has 0 aliphatic heterocycles. The van der Waals surface area contributed by atoms with Crippen LogP contribution in [0.25, 0.3) is 0 Å². The Labute approximate surface area is 124 Å². The lowest BCUT2D eigenvalue weighted by atomic mass is 10.1. The molecule has 1 aromatic heterocycles. The molecule has 0 amide bonds. The van der Waals surface area contributed by atoms with E-state index < -0.39 is 17.7 Å². The lowest BCUT2D eigenvalue weighted by Gasteiger charge is -2.11. The Morgan fingerprint density at radius 1 is 1.27 bits per heavy atom. The minimum absolute atomic E-state index is 0.0572. The van der Waals surface area contributed by atoms with Gasteiger partial charge in [0.1, 0.15) is 11.5 Å². The number of carboxylic acids is 1. The summed E-state index contributed by atoms with van der Waals surface area (Å²) in [5, 5.41) is 9.20. The number of hydrogen-bond acceptors (Lipinski definition) is 2. The van der Waals surface area contributed by atoms with E-state index in [4.69, 9.17) is 0 Å². The summed E-state index contributed by atoms with van der Waals surface area (Å²) >= 11 is 0. The Bertz CT molecular complexity index is 701. The number of nitrogens with zero attached hydrogens (tertiary/aromatic N) is 2. The van der Waals surface area contributed by atoms with E-state index >= 15 is 0 Å². The van der Waals surface area contributed by atoms with Crippen molar-refractivity contribution >= 4 is 5.97 Å². The number of hydrogen-bond donors (Lipinski definition) is 1. The topological polar surface area (TPSA) is 55.1 Å². The highest BCUT2D eigenvalue weighted by molar-refractivity contribution is 5.85. The van der Waals surface area contributed by atoms with Crippen LogP contribution in [0.3, 0.4) is 0 Å². The van der Waals surface area contributed by atoms with E-state index in [2.05, 4.69) is 4.98 Å². The number of aromatic carboxylic acids is 1. The van der Waals surface area contributed by atoms with Gasteiger partial charge in [0.15, 0.2) is 0 Å². The molecule has 0 unspecified atom stereocenters. The summed E-state index contributed by atoms with van der Waals surface area (Å²) in [5.41, 5.74) is -0.0556. The number of imidazole rings is 1. The summed E-state index contributed by atoms with van der Waals surface area (Å²) in [7, 11) is 0. The molecule has 1 heterocycles. The second-order valence-electron chi connectivity index (χ2n) is 5.36. The number of carboxylic acid groups (broad SMARTS) is 1. The third-order valence-electron chi connectivity index (χ3n) is 3.67. The maximum Gasteiger partial charge on any atom is 0.416 e. The number of benzene rings is 1. The monoisotopic (exact) mass is 310 g/mol. The molecule has 0 spiro atoms. The molecular weight excluding hydrogens is 297 g/mol. The van der Waals surface area contributed by atoms with Crippen molar-refractivity contribution in [3.63, 3.8) is 0 Å². The van der Waals surface area contributed by atoms with E-state index in [1.807, 2.05) is 0 Å². The maximum absolute atomic E-state index is 12.6. The number of halogens is 3. The van der Waals surface area contributed by atoms with Crippen molar-refractivity contribution in [2.75, 3.05) is 0 Å². The highest BCUT2D eigenvalue weighted by Crippen LogP contribution is 2.39. The fraction of sp³-hybridized carbons (Fsp3) is 0.333. The van der Waals surface area contributed by atoms with Gasteiger partial charge in [-0.2, -0.15) is 13.2 Å². The summed E-state index contributed by atoms with van der Waals surface area (Å²) in [4.78, 5) is 15.4. The van der Waals surface area contributed by atoms with Gasteiger partial charge < -0.3 is 9.67 Å². The molecule has 1 aliphatic carbocycles. The molecule has 0 atom stereocenters. The first-order valence-corrected chi connectivity index (χ1v) is 6.81. The molecule has 7 heteroatoms. The fourth-order valence-electron chi connectivity index (χ4n) is 2.38. The van der Waals surface area contributed by atoms with Crippen LogP contribution in [-0.2, 0) is 12.7 Å². The van der Waals surface area contributed by atoms with Crippen molar-refractivity contribution < 1.29 is 23.1 Å². The van der Waals surface area contributed by atoms with Gasteiger partial charge in [0.25, 0.3) is 0 Å². The molecule has 1 N–H and O–H groups in total. The lowest BCUT2D eigenvalue weighted by Crippen LogP contribution is -2.12. The number of aromatic nitrogens is 2. The van der Waals surface area contributed by atoms with Gasteiger partial charge in [0.2, 0.25) is 0 Å². The van der Waals surface area contributed by atoms with Crippen LogP contribution in [0.2, 0.25) is 0 Å². The van der Waals surface area contributed by atoms with Gasteiger partial charge in [-0.1, -0.05) is 12.1 Å². The zero-order valence-electron chi connectivity index (χ0n) is 11.5. The predicted molar refractivity (Wildman–Crippen MR) is 71.7 cm³/mol. The van der Waals surface area contributed by atoms with Crippen LogP contribution in [0.15, 0.2) is 30.5 Å². The van der Waals surface area contributed by atoms with E-state index in [-0.39, 0.29) is 18.2 Å². The average Bonchev–Trinajstić information content (AvgIpc) is 3.20. The van der Waals surface area contributed by atoms with E-state index in [9.17, 15) is 23.1 Å². The molecule has 22 heavy (non-hydrogen) atoms. The molecule has 0 bridgehead atoms. The van der Waals surface area contributed by atoms with Gasteiger partial charge in [-0.3, -0.25) is 0 Å². The molecule has 4 nitrogen and oxygen atoms in total. The Hall–Kier alpha value is -2.31. The van der Waals surface area contributed by atoms with Crippen LogP contribution in [0.1, 0.15) is 46.2 Å². The van der Waals surface area contributed by atoms with Crippen molar-refractivity contribution in [2.24, 2.45) is 0 Å². The van der Waals surface area contributed by atoms with Crippen molar-refractivity contribution in [3.05, 3.63) is 53.1 Å². The van der Waals surface area contributed by atoms with Crippen molar-refractivity contribution in [2.45, 2.75) is 31.5 Å². The zero-order chi connectivity index (χ0) is 15.9. The van der Waals surface area contributed by atoms with E-state index in [0.717, 1.165) is 25.0 Å². The number of rotatable bonds is 4. The van der Waals surface area contributed by atoms with Crippen LogP contribution in [0.5, 0.6) is 0 Å². The molecule has 0 radical (unpaired) electrons. The smallest absolute Gasteiger partial charge is 0.416 e. The summed E-state index contributed by atoms with van der Waals surface area (Å²) < 4.78 is 39.2. The Morgan fingerprint density at radius 3 is 2.41 bits per heavy atom. The van der Waals surface area contributed by atoms with Crippen LogP contribution in [0, 0.1) is 0 Å². The van der Waals surface area contributed by atoms with Crippen LogP contribution < -0.4 is 0 Å². The van der Waals surface area contributed by atoms with Gasteiger partial charge in [-0.15, -0.1) is 0 Å². The quantitative estimate of drug-likeness (QED) is 0.940. The third-order valence-corrected chi connectivity index (χ3v) is 3.67. The predicted octanol–water partition coefficient (Wildman–Crippen LogP) is 3.53. The highest BCUT2D eigenvalue weighted by Gasteiger charge is 2.31. The van der Waals surface area contributed by atoms with Gasteiger partial charge in [-0.05, 0) is 30.5 Å². The first-order valence-electron chi connectivity index (χ1n) is 6.81. The van der Waals surface area contributed by atoms with Crippen LogP contribution in [-0.4, -0.2) is 20.6 Å². The normalized spacial score (nSPS) is 15.0. The third kappa shape index (κ3) is 2.84. The van der Waals surface area contributed by atoms with Gasteiger partial charge >= 0.3 is 12.1 Å². The Kier molecular flexibility index (Phi) is 3.42. The summed E-state index contributed by atoms with van der Waals surface area (Å²) in [5.74, 6) is -0.147. The maximum atomic E-state index is 12.6. The molecule has 2 aromatic rings. The van der Waals surface area contributed by atoms with Crippen molar-refractivity contribution in [1.29, 1.82) is 0 Å². The largest absolute Gasteiger partial charge is 0.477 e. The zero-order valence-corrected chi connectivity index (χ0v) is 11.5. The van der Waals surface area contributed by atoms with Crippen molar-refractivity contribution in [3.8, 4) is 0 Å². The molecule has 116 valence electrons. The van der Waals surface area contributed by atoms with Crippen molar-refractivity contribution in [1.82, 2.24) is 9.55 Å². The fourth-order valence-corrected chi connectivity index (χ4v) is 2.38. The first-order chi connectivity index (χ1) is 10.4. The van der Waals surface area contributed by atoms with E-state index in [1.54, 1.807) is 4.57 Å². The Morgan fingerprint density at radius 2 is 1.91 bits per heavy atom. The molecule has 1 aliphatic rings. The van der Waals surface area contributed by atoms with Gasteiger partial charge in [0.05, 0.1) is 11.8 Å². The molecule has 1 fully saturated rings. The standard InChI is InChI=1S/C15H13F3N2O2/c16-15(17,18)11-5-1-9(2-6-11)8-20-12(14(21)22)7-19-13(20)10-3-4-10/h1-2,5-7,10H,3-4,8H2,(H,21,22). The number of carbonyl (C=O) groups is 1. The van der Waals surface area contributed by atoms with Crippen LogP contribution >= 0.6 is 0 Å². The first kappa shape index (κ1) is 14.6. The minimum Gasteiger partial charge on any atom is -0.477 e. The van der Waals surface area contributed by atoms with E-state index in [0.29, 0.717) is 11.4 Å². The molecule has 1 aromatic carbocycles. The molecular formula is C15H13F3N2O2. The summed E-state index contributed by atoms with van der Waals surface area (Å²) in [6.07, 6.45) is -1.15. The Balaban J connectivity index is 1.89. The lowest BCUT2D eigenvalue weighted by molar-refractivity contribution is -0.137. The number of alkyl halides is 3. The van der Waals surface area contributed by atoms with Gasteiger partial charge in [-0.25, -0.2) is 9.78 Å². The summed E-state index contributed by atoms with van der Waals surface area (Å²) in [6, 6.07) is 4.74. The van der Waals surface area contributed by atoms with E-state index in [1.165, 1.54) is 18.3 Å². The molecule has 0 saturated heterocycles. The summed E-state index contributed by atoms with van der Waals surface area (Å²) in [6.45, 7) is 0.200.